The minimum Gasteiger partial charge on any atom is -0.492 e. The fourth-order valence-corrected chi connectivity index (χ4v) is 3.64. The zero-order chi connectivity index (χ0) is 21.6. The Balaban J connectivity index is 1.30. The molecule has 3 aromatic rings. The maximum Gasteiger partial charge on any atom is 0.227 e. The molecule has 1 atom stereocenters. The van der Waals surface area contributed by atoms with Crippen LogP contribution in [-0.2, 0) is 22.4 Å². The first-order valence-electron chi connectivity index (χ1n) is 10.1. The summed E-state index contributed by atoms with van der Waals surface area (Å²) in [6.45, 7) is 1.86. The standard InChI is InChI=1S/C23H23ClFN3O3/c24-19-3-1-2-4-21(19)30-11-9-18-14-20(27-26-18)22-15-28(10-12-31-22)23(29)13-16-5-7-17(25)8-6-16/h1-8,14,22H,9-13,15H2,(H,26,27). The Hall–Kier alpha value is -2.90. The number of hydrogen-bond donors (Lipinski definition) is 1. The van der Waals surface area contributed by atoms with Gasteiger partial charge in [0.25, 0.3) is 0 Å². The van der Waals surface area contributed by atoms with E-state index in [1.165, 1.54) is 12.1 Å². The van der Waals surface area contributed by atoms with Crippen LogP contribution in [0.2, 0.25) is 5.02 Å². The highest BCUT2D eigenvalue weighted by Gasteiger charge is 2.27. The highest BCUT2D eigenvalue weighted by Crippen LogP contribution is 2.24. The van der Waals surface area contributed by atoms with E-state index in [0.29, 0.717) is 43.5 Å². The van der Waals surface area contributed by atoms with Crippen LogP contribution in [-0.4, -0.2) is 47.3 Å². The number of halogens is 2. The molecule has 2 aromatic carbocycles. The lowest BCUT2D eigenvalue weighted by molar-refractivity contribution is -0.138. The molecule has 1 N–H and O–H groups in total. The number of benzene rings is 2. The highest BCUT2D eigenvalue weighted by atomic mass is 35.5. The molecule has 1 fully saturated rings. The van der Waals surface area contributed by atoms with Gasteiger partial charge in [-0.05, 0) is 35.9 Å². The summed E-state index contributed by atoms with van der Waals surface area (Å²) in [5.74, 6) is 0.327. The van der Waals surface area contributed by atoms with Gasteiger partial charge in [-0.3, -0.25) is 9.89 Å². The molecule has 2 heterocycles. The molecule has 1 aliphatic heterocycles. The van der Waals surface area contributed by atoms with Crippen molar-refractivity contribution in [3.63, 3.8) is 0 Å². The number of rotatable bonds is 7. The quantitative estimate of drug-likeness (QED) is 0.600. The van der Waals surface area contributed by atoms with Crippen molar-refractivity contribution in [1.29, 1.82) is 0 Å². The number of carbonyl (C=O) groups excluding carboxylic acids is 1. The van der Waals surface area contributed by atoms with Crippen molar-refractivity contribution in [2.24, 2.45) is 0 Å². The third-order valence-electron chi connectivity index (χ3n) is 5.13. The van der Waals surface area contributed by atoms with Crippen molar-refractivity contribution in [1.82, 2.24) is 15.1 Å². The van der Waals surface area contributed by atoms with Crippen LogP contribution in [0.4, 0.5) is 4.39 Å². The minimum atomic E-state index is -0.311. The number of carbonyl (C=O) groups is 1. The van der Waals surface area contributed by atoms with Crippen molar-refractivity contribution in [3.05, 3.63) is 82.4 Å². The van der Waals surface area contributed by atoms with Gasteiger partial charge in [-0.15, -0.1) is 0 Å². The van der Waals surface area contributed by atoms with Crippen LogP contribution in [0.15, 0.2) is 54.6 Å². The topological polar surface area (TPSA) is 67.5 Å². The Bertz CT molecular complexity index is 1020. The van der Waals surface area contributed by atoms with E-state index < -0.39 is 0 Å². The number of para-hydroxylation sites is 1. The molecule has 1 amide bonds. The zero-order valence-electron chi connectivity index (χ0n) is 16.9. The van der Waals surface area contributed by atoms with Gasteiger partial charge >= 0.3 is 0 Å². The van der Waals surface area contributed by atoms with E-state index in [0.717, 1.165) is 17.0 Å². The Morgan fingerprint density at radius 3 is 2.87 bits per heavy atom. The van der Waals surface area contributed by atoms with Gasteiger partial charge < -0.3 is 14.4 Å². The number of aromatic amines is 1. The molecule has 0 spiro atoms. The monoisotopic (exact) mass is 443 g/mol. The van der Waals surface area contributed by atoms with Crippen LogP contribution in [0.25, 0.3) is 0 Å². The third kappa shape index (κ3) is 5.62. The maximum atomic E-state index is 13.1. The van der Waals surface area contributed by atoms with Crippen LogP contribution in [0.3, 0.4) is 0 Å². The number of nitrogens with one attached hydrogen (secondary N) is 1. The average molecular weight is 444 g/mol. The summed E-state index contributed by atoms with van der Waals surface area (Å²) in [7, 11) is 0. The van der Waals surface area contributed by atoms with Crippen molar-refractivity contribution >= 4 is 17.5 Å². The Morgan fingerprint density at radius 1 is 1.26 bits per heavy atom. The lowest BCUT2D eigenvalue weighted by Gasteiger charge is -2.32. The van der Waals surface area contributed by atoms with E-state index >= 15 is 0 Å². The first kappa shape index (κ1) is 21.3. The first-order valence-corrected chi connectivity index (χ1v) is 10.5. The Kier molecular flexibility index (Phi) is 6.84. The van der Waals surface area contributed by atoms with Crippen LogP contribution in [0, 0.1) is 5.82 Å². The normalized spacial score (nSPS) is 16.3. The Labute approximate surface area is 184 Å². The second-order valence-electron chi connectivity index (χ2n) is 7.35. The van der Waals surface area contributed by atoms with Gasteiger partial charge in [0.15, 0.2) is 0 Å². The van der Waals surface area contributed by atoms with Crippen molar-refractivity contribution in [3.8, 4) is 5.75 Å². The van der Waals surface area contributed by atoms with E-state index in [-0.39, 0.29) is 24.2 Å². The van der Waals surface area contributed by atoms with Crippen molar-refractivity contribution in [2.45, 2.75) is 18.9 Å². The zero-order valence-corrected chi connectivity index (χ0v) is 17.6. The van der Waals surface area contributed by atoms with Crippen molar-refractivity contribution in [2.75, 3.05) is 26.3 Å². The van der Waals surface area contributed by atoms with Gasteiger partial charge in [-0.25, -0.2) is 4.39 Å². The molecule has 1 saturated heterocycles. The summed E-state index contributed by atoms with van der Waals surface area (Å²) in [5.41, 5.74) is 2.46. The predicted octanol–water partition coefficient (Wildman–Crippen LogP) is 3.97. The fraction of sp³-hybridized carbons (Fsp3) is 0.304. The molecule has 1 aromatic heterocycles. The molecule has 6 nitrogen and oxygen atoms in total. The largest absolute Gasteiger partial charge is 0.492 e. The number of amides is 1. The maximum absolute atomic E-state index is 13.1. The minimum absolute atomic E-state index is 0.0104. The molecule has 162 valence electrons. The lowest BCUT2D eigenvalue weighted by atomic mass is 10.1. The number of morpholine rings is 1. The average Bonchev–Trinajstić information content (AvgIpc) is 3.26. The van der Waals surface area contributed by atoms with E-state index in [1.54, 1.807) is 23.1 Å². The number of H-pyrrole nitrogens is 1. The third-order valence-corrected chi connectivity index (χ3v) is 5.45. The summed E-state index contributed by atoms with van der Waals surface area (Å²) in [6.07, 6.45) is 0.580. The molecular formula is C23H23ClFN3O3. The number of aromatic nitrogens is 2. The molecule has 0 bridgehead atoms. The molecule has 31 heavy (non-hydrogen) atoms. The fourth-order valence-electron chi connectivity index (χ4n) is 3.45. The number of ether oxygens (including phenoxy) is 2. The van der Waals surface area contributed by atoms with Gasteiger partial charge in [-0.1, -0.05) is 35.9 Å². The second kappa shape index (κ2) is 9.94. The molecule has 0 radical (unpaired) electrons. The summed E-state index contributed by atoms with van der Waals surface area (Å²) in [5, 5.41) is 7.95. The molecule has 1 aliphatic rings. The van der Waals surface area contributed by atoms with E-state index in [4.69, 9.17) is 21.1 Å². The van der Waals surface area contributed by atoms with Crippen LogP contribution in [0.1, 0.15) is 23.1 Å². The Morgan fingerprint density at radius 2 is 2.06 bits per heavy atom. The number of hydrogen-bond acceptors (Lipinski definition) is 4. The summed E-state index contributed by atoms with van der Waals surface area (Å²) < 4.78 is 24.6. The van der Waals surface area contributed by atoms with Gasteiger partial charge in [-0.2, -0.15) is 5.10 Å². The molecule has 0 saturated carbocycles. The molecule has 0 aliphatic carbocycles. The van der Waals surface area contributed by atoms with Crippen LogP contribution >= 0.6 is 11.6 Å². The first-order chi connectivity index (χ1) is 15.1. The molecule has 4 rings (SSSR count). The summed E-state index contributed by atoms with van der Waals surface area (Å²) >= 11 is 6.10. The van der Waals surface area contributed by atoms with Crippen LogP contribution < -0.4 is 4.74 Å². The molecule has 8 heteroatoms. The number of nitrogens with zero attached hydrogens (tertiary/aromatic N) is 2. The second-order valence-corrected chi connectivity index (χ2v) is 7.76. The van der Waals surface area contributed by atoms with Gasteiger partial charge in [0.2, 0.25) is 5.91 Å². The van der Waals surface area contributed by atoms with E-state index in [1.807, 2.05) is 24.3 Å². The smallest absolute Gasteiger partial charge is 0.227 e. The van der Waals surface area contributed by atoms with Gasteiger partial charge in [0.1, 0.15) is 17.7 Å². The van der Waals surface area contributed by atoms with E-state index in [2.05, 4.69) is 10.2 Å². The highest BCUT2D eigenvalue weighted by molar-refractivity contribution is 6.32. The summed E-state index contributed by atoms with van der Waals surface area (Å²) in [6, 6.07) is 15.3. The molecular weight excluding hydrogens is 421 g/mol. The van der Waals surface area contributed by atoms with E-state index in [9.17, 15) is 9.18 Å². The SMILES string of the molecule is O=C(Cc1ccc(F)cc1)N1CCOC(c2cc(CCOc3ccccc3Cl)[nH]n2)C1. The lowest BCUT2D eigenvalue weighted by Crippen LogP contribution is -2.43. The van der Waals surface area contributed by atoms with Gasteiger partial charge in [0.05, 0.1) is 36.9 Å². The predicted molar refractivity (Wildman–Crippen MR) is 115 cm³/mol. The van der Waals surface area contributed by atoms with Gasteiger partial charge in [0, 0.05) is 18.7 Å². The van der Waals surface area contributed by atoms with Crippen LogP contribution in [0.5, 0.6) is 5.75 Å². The molecule has 1 unspecified atom stereocenters. The van der Waals surface area contributed by atoms with Crippen molar-refractivity contribution < 1.29 is 18.7 Å². The summed E-state index contributed by atoms with van der Waals surface area (Å²) in [4.78, 5) is 14.4.